The fraction of sp³-hybridized carbons (Fsp3) is 0. The first kappa shape index (κ1) is 31.7. The molecular formula is C54H34S. The lowest BCUT2D eigenvalue weighted by Gasteiger charge is -2.21. The lowest BCUT2D eigenvalue weighted by Crippen LogP contribution is -1.94. The predicted molar refractivity (Wildman–Crippen MR) is 236 cm³/mol. The fourth-order valence-electron chi connectivity index (χ4n) is 8.76. The zero-order valence-electron chi connectivity index (χ0n) is 30.0. The van der Waals surface area contributed by atoms with Crippen molar-refractivity contribution in [3.8, 4) is 88.3 Å². The van der Waals surface area contributed by atoms with E-state index in [9.17, 15) is 0 Å². The maximum Gasteiger partial charge on any atom is 0.0433 e. The second-order valence-electron chi connectivity index (χ2n) is 14.4. The zero-order chi connectivity index (χ0) is 36.3. The van der Waals surface area contributed by atoms with Gasteiger partial charge >= 0.3 is 0 Å². The Hall–Kier alpha value is -6.80. The monoisotopic (exact) mass is 714 g/mol. The third kappa shape index (κ3) is 5.20. The number of fused-ring (bicyclic) bond motifs is 4. The van der Waals surface area contributed by atoms with Crippen LogP contribution in [0.2, 0.25) is 0 Å². The Morgan fingerprint density at radius 3 is 1.38 bits per heavy atom. The summed E-state index contributed by atoms with van der Waals surface area (Å²) in [7, 11) is 0. The largest absolute Gasteiger partial charge is 0.135 e. The normalized spacial score (nSPS) is 11.6. The van der Waals surface area contributed by atoms with Gasteiger partial charge in [0, 0.05) is 20.5 Å². The Bertz CT molecular complexity index is 3020. The molecule has 9 aromatic carbocycles. The van der Waals surface area contributed by atoms with Gasteiger partial charge in [0.15, 0.2) is 0 Å². The molecule has 0 bridgehead atoms. The number of hydrogen-bond donors (Lipinski definition) is 0. The Labute approximate surface area is 325 Å². The standard InChI is InChI=1S/C54H34S/c1-4-14-37(15-5-1)47-34-46(50(40-16-6-2-7-17-40)53-45-24-13-21-39-20-12-23-44(49(39)45)52(47)53)38-30-26-35(27-31-38)36-28-32-42(33-29-36)54-51(41-18-8-3-9-19-41)43-22-10-11-25-48(43)55-54/h1-34H. The summed E-state index contributed by atoms with van der Waals surface area (Å²) in [5.41, 5.74) is 19.0. The van der Waals surface area contributed by atoms with Crippen LogP contribution in [0.25, 0.3) is 109 Å². The molecule has 11 rings (SSSR count). The van der Waals surface area contributed by atoms with E-state index in [1.807, 2.05) is 11.3 Å². The first-order valence-corrected chi connectivity index (χ1v) is 19.7. The summed E-state index contributed by atoms with van der Waals surface area (Å²) >= 11 is 1.87. The van der Waals surface area contributed by atoms with E-state index < -0.39 is 0 Å². The van der Waals surface area contributed by atoms with E-state index in [1.54, 1.807) is 0 Å². The lowest BCUT2D eigenvalue weighted by molar-refractivity contribution is 1.56. The van der Waals surface area contributed by atoms with Crippen LogP contribution in [-0.4, -0.2) is 0 Å². The molecule has 1 heteroatoms. The van der Waals surface area contributed by atoms with Crippen LogP contribution >= 0.6 is 11.3 Å². The molecule has 0 N–H and O–H groups in total. The summed E-state index contributed by atoms with van der Waals surface area (Å²) in [5.74, 6) is 0. The Morgan fingerprint density at radius 2 is 0.745 bits per heavy atom. The number of rotatable bonds is 6. The van der Waals surface area contributed by atoms with Crippen LogP contribution in [0.5, 0.6) is 0 Å². The summed E-state index contributed by atoms with van der Waals surface area (Å²) in [5, 5.41) is 3.94. The van der Waals surface area contributed by atoms with E-state index >= 15 is 0 Å². The summed E-state index contributed by atoms with van der Waals surface area (Å²) in [6.07, 6.45) is 0. The highest BCUT2D eigenvalue weighted by molar-refractivity contribution is 7.23. The van der Waals surface area contributed by atoms with Crippen molar-refractivity contribution in [1.82, 2.24) is 0 Å². The average molecular weight is 715 g/mol. The van der Waals surface area contributed by atoms with E-state index in [-0.39, 0.29) is 0 Å². The first-order chi connectivity index (χ1) is 27.3. The van der Waals surface area contributed by atoms with Gasteiger partial charge in [-0.1, -0.05) is 194 Å². The van der Waals surface area contributed by atoms with Gasteiger partial charge in [0.1, 0.15) is 0 Å². The Kier molecular flexibility index (Phi) is 7.46. The minimum absolute atomic E-state index is 1.21. The van der Waals surface area contributed by atoms with Gasteiger partial charge in [0.05, 0.1) is 0 Å². The van der Waals surface area contributed by atoms with Crippen LogP contribution in [0, 0.1) is 0 Å². The zero-order valence-corrected chi connectivity index (χ0v) is 30.9. The maximum atomic E-state index is 2.44. The molecule has 0 nitrogen and oxygen atoms in total. The third-order valence-electron chi connectivity index (χ3n) is 11.3. The minimum Gasteiger partial charge on any atom is -0.135 e. The van der Waals surface area contributed by atoms with Gasteiger partial charge in [-0.2, -0.15) is 0 Å². The van der Waals surface area contributed by atoms with Crippen LogP contribution < -0.4 is 0 Å². The van der Waals surface area contributed by atoms with Gasteiger partial charge < -0.3 is 0 Å². The lowest BCUT2D eigenvalue weighted by atomic mass is 9.82. The molecule has 0 unspecified atom stereocenters. The fourth-order valence-corrected chi connectivity index (χ4v) is 9.99. The van der Waals surface area contributed by atoms with Crippen LogP contribution in [0.4, 0.5) is 0 Å². The van der Waals surface area contributed by atoms with E-state index in [2.05, 4.69) is 206 Å². The van der Waals surface area contributed by atoms with Crippen molar-refractivity contribution in [3.05, 3.63) is 206 Å². The molecule has 10 aromatic rings. The average Bonchev–Trinajstić information content (AvgIpc) is 3.82. The SMILES string of the molecule is c1ccc(-c2cc(-c3ccc(-c4ccc(-c5sc6ccccc6c5-c5ccccc5)cc4)cc3)c(-c3ccccc3)c3c2-c2cccc4cccc-3c24)cc1. The van der Waals surface area contributed by atoms with E-state index in [1.165, 1.54) is 109 Å². The second-order valence-corrected chi connectivity index (χ2v) is 15.4. The van der Waals surface area contributed by atoms with E-state index in [4.69, 9.17) is 0 Å². The van der Waals surface area contributed by atoms with E-state index in [0.29, 0.717) is 0 Å². The van der Waals surface area contributed by atoms with Crippen molar-refractivity contribution < 1.29 is 0 Å². The number of hydrogen-bond acceptors (Lipinski definition) is 1. The van der Waals surface area contributed by atoms with Gasteiger partial charge in [-0.05, 0) is 101 Å². The van der Waals surface area contributed by atoms with Gasteiger partial charge in [-0.15, -0.1) is 11.3 Å². The summed E-state index contributed by atoms with van der Waals surface area (Å²) < 4.78 is 1.31. The van der Waals surface area contributed by atoms with Gasteiger partial charge in [-0.25, -0.2) is 0 Å². The second kappa shape index (κ2) is 13.0. The molecule has 1 aliphatic rings. The van der Waals surface area contributed by atoms with Crippen molar-refractivity contribution in [2.45, 2.75) is 0 Å². The molecular weight excluding hydrogens is 681 g/mol. The molecule has 0 aliphatic heterocycles. The van der Waals surface area contributed by atoms with Crippen molar-refractivity contribution in [2.75, 3.05) is 0 Å². The van der Waals surface area contributed by atoms with Crippen LogP contribution in [0.1, 0.15) is 0 Å². The summed E-state index contributed by atoms with van der Waals surface area (Å²) in [6.45, 7) is 0. The smallest absolute Gasteiger partial charge is 0.0433 e. The van der Waals surface area contributed by atoms with Crippen molar-refractivity contribution in [1.29, 1.82) is 0 Å². The molecule has 0 radical (unpaired) electrons. The van der Waals surface area contributed by atoms with Gasteiger partial charge in [0.25, 0.3) is 0 Å². The van der Waals surface area contributed by atoms with Crippen molar-refractivity contribution in [2.24, 2.45) is 0 Å². The molecule has 1 aromatic heterocycles. The summed E-state index contributed by atoms with van der Waals surface area (Å²) in [6, 6.07) is 75.7. The molecule has 256 valence electrons. The molecule has 0 atom stereocenters. The van der Waals surface area contributed by atoms with Crippen LogP contribution in [0.15, 0.2) is 206 Å². The van der Waals surface area contributed by atoms with Gasteiger partial charge in [0.2, 0.25) is 0 Å². The third-order valence-corrected chi connectivity index (χ3v) is 12.5. The topological polar surface area (TPSA) is 0 Å². The Balaban J connectivity index is 1.05. The molecule has 0 saturated heterocycles. The first-order valence-electron chi connectivity index (χ1n) is 18.9. The maximum absolute atomic E-state index is 2.44. The molecule has 0 amide bonds. The highest BCUT2D eigenvalue weighted by Crippen LogP contribution is 2.57. The molecule has 1 heterocycles. The highest BCUT2D eigenvalue weighted by Gasteiger charge is 2.30. The molecule has 55 heavy (non-hydrogen) atoms. The summed E-state index contributed by atoms with van der Waals surface area (Å²) in [4.78, 5) is 1.31. The molecule has 0 saturated carbocycles. The van der Waals surface area contributed by atoms with Crippen LogP contribution in [-0.2, 0) is 0 Å². The quantitative estimate of drug-likeness (QED) is 0.161. The number of thiophene rings is 1. The molecule has 0 spiro atoms. The Morgan fingerprint density at radius 1 is 0.273 bits per heavy atom. The van der Waals surface area contributed by atoms with Gasteiger partial charge in [-0.3, -0.25) is 0 Å². The van der Waals surface area contributed by atoms with E-state index in [0.717, 1.165) is 0 Å². The van der Waals surface area contributed by atoms with Crippen molar-refractivity contribution in [3.63, 3.8) is 0 Å². The molecule has 0 fully saturated rings. The van der Waals surface area contributed by atoms with Crippen LogP contribution in [0.3, 0.4) is 0 Å². The highest BCUT2D eigenvalue weighted by atomic mass is 32.1. The predicted octanol–water partition coefficient (Wildman–Crippen LogP) is 15.7. The minimum atomic E-state index is 1.21. The molecule has 1 aliphatic carbocycles. The number of benzene rings is 9. The van der Waals surface area contributed by atoms with Crippen molar-refractivity contribution >= 4 is 32.2 Å².